The summed E-state index contributed by atoms with van der Waals surface area (Å²) >= 11 is 0. The van der Waals surface area contributed by atoms with Crippen molar-refractivity contribution in [3.63, 3.8) is 0 Å². The summed E-state index contributed by atoms with van der Waals surface area (Å²) in [6.07, 6.45) is 2.48. The Kier molecular flexibility index (Phi) is 2.90. The summed E-state index contributed by atoms with van der Waals surface area (Å²) in [6, 6.07) is 10.3. The molecule has 2 rings (SSSR count). The van der Waals surface area contributed by atoms with E-state index in [0.717, 1.165) is 24.9 Å². The monoisotopic (exact) mass is 205 g/mol. The third-order valence-corrected chi connectivity index (χ3v) is 2.93. The average molecular weight is 205 g/mol. The number of hydrogen-bond acceptors (Lipinski definition) is 2. The van der Waals surface area contributed by atoms with E-state index in [9.17, 15) is 4.79 Å². The van der Waals surface area contributed by atoms with Crippen molar-refractivity contribution in [2.24, 2.45) is 5.92 Å². The summed E-state index contributed by atoms with van der Waals surface area (Å²) in [5, 5.41) is 12.2. The fraction of sp³-hybridized carbons (Fsp3) is 0.417. The molecule has 0 heterocycles. The Balaban J connectivity index is 1.90. The molecule has 0 amide bonds. The van der Waals surface area contributed by atoms with Crippen molar-refractivity contribution in [1.82, 2.24) is 0 Å². The van der Waals surface area contributed by atoms with Crippen molar-refractivity contribution in [1.29, 1.82) is 0 Å². The number of nitrogens with one attached hydrogen (secondary N) is 1. The number of carbonyl (C=O) groups is 1. The Morgan fingerprint density at radius 2 is 2.00 bits per heavy atom. The number of para-hydroxylation sites is 1. The van der Waals surface area contributed by atoms with Gasteiger partial charge in [-0.05, 0) is 31.4 Å². The second-order valence-corrected chi connectivity index (χ2v) is 4.06. The van der Waals surface area contributed by atoms with Crippen LogP contribution in [-0.2, 0) is 4.79 Å². The molecule has 1 aliphatic carbocycles. The van der Waals surface area contributed by atoms with Crippen molar-refractivity contribution in [3.05, 3.63) is 30.3 Å². The molecule has 3 heteroatoms. The lowest BCUT2D eigenvalue weighted by Gasteiger charge is -2.13. The Bertz CT molecular complexity index is 337. The van der Waals surface area contributed by atoms with Crippen LogP contribution in [-0.4, -0.2) is 17.1 Å². The van der Waals surface area contributed by atoms with Gasteiger partial charge in [-0.1, -0.05) is 18.2 Å². The van der Waals surface area contributed by atoms with Crippen molar-refractivity contribution in [3.8, 4) is 0 Å². The molecule has 0 spiro atoms. The molecule has 1 aromatic carbocycles. The van der Waals surface area contributed by atoms with Crippen LogP contribution < -0.4 is 5.32 Å². The van der Waals surface area contributed by atoms with Crippen LogP contribution in [0.2, 0.25) is 0 Å². The van der Waals surface area contributed by atoms with Crippen LogP contribution in [0, 0.1) is 5.92 Å². The second-order valence-electron chi connectivity index (χ2n) is 4.06. The summed E-state index contributed by atoms with van der Waals surface area (Å²) in [7, 11) is 0. The van der Waals surface area contributed by atoms with E-state index in [1.807, 2.05) is 30.3 Å². The van der Waals surface area contributed by atoms with E-state index in [1.165, 1.54) is 0 Å². The van der Waals surface area contributed by atoms with Gasteiger partial charge in [-0.25, -0.2) is 0 Å². The molecule has 3 nitrogen and oxygen atoms in total. The van der Waals surface area contributed by atoms with E-state index in [4.69, 9.17) is 5.11 Å². The Labute approximate surface area is 89.1 Å². The maximum Gasteiger partial charge on any atom is 0.306 e. The molecule has 2 atom stereocenters. The first-order valence-corrected chi connectivity index (χ1v) is 5.30. The third kappa shape index (κ3) is 2.49. The molecule has 1 saturated carbocycles. The zero-order chi connectivity index (χ0) is 10.7. The van der Waals surface area contributed by atoms with E-state index in [2.05, 4.69) is 5.32 Å². The van der Waals surface area contributed by atoms with Crippen LogP contribution in [0.4, 0.5) is 5.69 Å². The van der Waals surface area contributed by atoms with Gasteiger partial charge in [0.25, 0.3) is 0 Å². The van der Waals surface area contributed by atoms with Crippen LogP contribution in [0.3, 0.4) is 0 Å². The quantitative estimate of drug-likeness (QED) is 0.796. The van der Waals surface area contributed by atoms with Crippen LogP contribution in [0.1, 0.15) is 19.3 Å². The number of benzene rings is 1. The zero-order valence-electron chi connectivity index (χ0n) is 8.52. The SMILES string of the molecule is O=C(O)[C@@H]1CC[C@H](Nc2ccccc2)C1. The topological polar surface area (TPSA) is 49.3 Å². The largest absolute Gasteiger partial charge is 0.481 e. The first-order valence-electron chi connectivity index (χ1n) is 5.30. The fourth-order valence-corrected chi connectivity index (χ4v) is 2.11. The van der Waals surface area contributed by atoms with Gasteiger partial charge in [0, 0.05) is 11.7 Å². The van der Waals surface area contributed by atoms with E-state index in [1.54, 1.807) is 0 Å². The van der Waals surface area contributed by atoms with Crippen molar-refractivity contribution in [2.45, 2.75) is 25.3 Å². The first kappa shape index (κ1) is 10.0. The Morgan fingerprint density at radius 1 is 1.27 bits per heavy atom. The Morgan fingerprint density at radius 3 is 2.60 bits per heavy atom. The third-order valence-electron chi connectivity index (χ3n) is 2.93. The number of anilines is 1. The molecule has 0 aromatic heterocycles. The average Bonchev–Trinajstić information content (AvgIpc) is 2.68. The van der Waals surface area contributed by atoms with Crippen molar-refractivity contribution >= 4 is 11.7 Å². The van der Waals surface area contributed by atoms with Gasteiger partial charge in [-0.15, -0.1) is 0 Å². The summed E-state index contributed by atoms with van der Waals surface area (Å²) in [6.45, 7) is 0. The highest BCUT2D eigenvalue weighted by atomic mass is 16.4. The van der Waals surface area contributed by atoms with Crippen LogP contribution in [0.5, 0.6) is 0 Å². The highest BCUT2D eigenvalue weighted by Crippen LogP contribution is 2.28. The minimum atomic E-state index is -0.660. The van der Waals surface area contributed by atoms with Crippen LogP contribution in [0.25, 0.3) is 0 Å². The van der Waals surface area contributed by atoms with E-state index >= 15 is 0 Å². The molecule has 1 aliphatic rings. The van der Waals surface area contributed by atoms with Gasteiger partial charge >= 0.3 is 5.97 Å². The molecule has 0 bridgehead atoms. The van der Waals surface area contributed by atoms with E-state index in [0.29, 0.717) is 6.04 Å². The van der Waals surface area contributed by atoms with E-state index in [-0.39, 0.29) is 5.92 Å². The zero-order valence-corrected chi connectivity index (χ0v) is 8.52. The maximum atomic E-state index is 10.8. The number of hydrogen-bond donors (Lipinski definition) is 2. The minimum Gasteiger partial charge on any atom is -0.481 e. The summed E-state index contributed by atoms with van der Waals surface area (Å²) in [4.78, 5) is 10.8. The summed E-state index contributed by atoms with van der Waals surface area (Å²) in [5.41, 5.74) is 1.08. The van der Waals surface area contributed by atoms with Gasteiger partial charge in [-0.3, -0.25) is 4.79 Å². The smallest absolute Gasteiger partial charge is 0.306 e. The molecule has 80 valence electrons. The van der Waals surface area contributed by atoms with E-state index < -0.39 is 5.97 Å². The van der Waals surface area contributed by atoms with Gasteiger partial charge in [0.05, 0.1) is 5.92 Å². The lowest BCUT2D eigenvalue weighted by Crippen LogP contribution is -2.17. The molecule has 1 aromatic rings. The Hall–Kier alpha value is -1.51. The predicted octanol–water partition coefficient (Wildman–Crippen LogP) is 2.35. The number of aliphatic carboxylic acids is 1. The highest BCUT2D eigenvalue weighted by Gasteiger charge is 2.29. The molecule has 0 aliphatic heterocycles. The molecule has 0 radical (unpaired) electrons. The lowest BCUT2D eigenvalue weighted by molar-refractivity contribution is -0.141. The number of carboxylic acids is 1. The van der Waals surface area contributed by atoms with Crippen molar-refractivity contribution < 1.29 is 9.90 Å². The summed E-state index contributed by atoms with van der Waals surface area (Å²) < 4.78 is 0. The molecular formula is C12H15NO2. The van der Waals surface area contributed by atoms with Gasteiger partial charge in [-0.2, -0.15) is 0 Å². The highest BCUT2D eigenvalue weighted by molar-refractivity contribution is 5.70. The van der Waals surface area contributed by atoms with Gasteiger partial charge < -0.3 is 10.4 Å². The molecule has 1 fully saturated rings. The van der Waals surface area contributed by atoms with Crippen LogP contribution >= 0.6 is 0 Å². The molecular weight excluding hydrogens is 190 g/mol. The molecule has 2 N–H and O–H groups in total. The first-order chi connectivity index (χ1) is 7.25. The lowest BCUT2D eigenvalue weighted by atomic mass is 10.1. The maximum absolute atomic E-state index is 10.8. The fourth-order valence-electron chi connectivity index (χ4n) is 2.11. The van der Waals surface area contributed by atoms with Gasteiger partial charge in [0.2, 0.25) is 0 Å². The number of rotatable bonds is 3. The van der Waals surface area contributed by atoms with Gasteiger partial charge in [0.1, 0.15) is 0 Å². The molecule has 15 heavy (non-hydrogen) atoms. The standard InChI is InChI=1S/C12H15NO2/c14-12(15)9-6-7-11(8-9)13-10-4-2-1-3-5-10/h1-5,9,11,13H,6-8H2,(H,14,15)/t9-,11+/m1/s1. The molecule has 0 unspecified atom stereocenters. The second kappa shape index (κ2) is 4.34. The minimum absolute atomic E-state index is 0.161. The molecule has 0 saturated heterocycles. The normalized spacial score (nSPS) is 25.1. The number of carboxylic acid groups (broad SMARTS) is 1. The van der Waals surface area contributed by atoms with Crippen molar-refractivity contribution in [2.75, 3.05) is 5.32 Å². The van der Waals surface area contributed by atoms with Gasteiger partial charge in [0.15, 0.2) is 0 Å². The van der Waals surface area contributed by atoms with Crippen LogP contribution in [0.15, 0.2) is 30.3 Å². The predicted molar refractivity (Wildman–Crippen MR) is 58.8 cm³/mol. The summed E-state index contributed by atoms with van der Waals surface area (Å²) in [5.74, 6) is -0.821.